The Hall–Kier alpha value is -2.77. The average Bonchev–Trinajstić information content (AvgIpc) is 2.85. The van der Waals surface area contributed by atoms with Gasteiger partial charge in [0.25, 0.3) is 0 Å². The molecule has 2 rings (SSSR count). The molecule has 0 radical (unpaired) electrons. The van der Waals surface area contributed by atoms with E-state index in [-0.39, 0.29) is 23.6 Å². The molecule has 116 valence electrons. The number of nitro groups is 2. The monoisotopic (exact) mass is 305 g/mol. The van der Waals surface area contributed by atoms with Crippen molar-refractivity contribution >= 4 is 5.69 Å². The lowest BCUT2D eigenvalue weighted by atomic mass is 9.88. The highest BCUT2D eigenvalue weighted by Gasteiger charge is 2.34. The summed E-state index contributed by atoms with van der Waals surface area (Å²) in [5, 5.41) is 25.9. The molecule has 0 amide bonds. The molecule has 0 bridgehead atoms. The van der Waals surface area contributed by atoms with E-state index in [1.807, 2.05) is 0 Å². The molecule has 0 aliphatic heterocycles. The molecule has 8 nitrogen and oxygen atoms in total. The van der Waals surface area contributed by atoms with Crippen LogP contribution in [0.25, 0.3) is 0 Å². The molecule has 0 aliphatic carbocycles. The van der Waals surface area contributed by atoms with Crippen LogP contribution in [0.5, 0.6) is 0 Å². The third-order valence-corrected chi connectivity index (χ3v) is 3.63. The maximum Gasteiger partial charge on any atom is 0.334 e. The number of aromatic nitrogens is 1. The predicted octanol–water partition coefficient (Wildman–Crippen LogP) is 2.88. The Morgan fingerprint density at radius 3 is 2.41 bits per heavy atom. The molecule has 0 aliphatic rings. The second-order valence-corrected chi connectivity index (χ2v) is 5.04. The Balaban J connectivity index is 2.40. The zero-order chi connectivity index (χ0) is 16.3. The largest absolute Gasteiger partial charge is 0.354 e. The van der Waals surface area contributed by atoms with Crippen molar-refractivity contribution in [1.82, 2.24) is 5.16 Å². The second kappa shape index (κ2) is 6.33. The molecule has 1 heterocycles. The van der Waals surface area contributed by atoms with Crippen molar-refractivity contribution in [2.75, 3.05) is 0 Å². The van der Waals surface area contributed by atoms with E-state index in [4.69, 9.17) is 4.52 Å². The van der Waals surface area contributed by atoms with E-state index in [0.29, 0.717) is 0 Å². The molecule has 0 saturated heterocycles. The zero-order valence-electron chi connectivity index (χ0n) is 12.1. The van der Waals surface area contributed by atoms with Gasteiger partial charge in [-0.15, -0.1) is 0 Å². The van der Waals surface area contributed by atoms with E-state index >= 15 is 0 Å². The highest BCUT2D eigenvalue weighted by molar-refractivity contribution is 5.39. The summed E-state index contributed by atoms with van der Waals surface area (Å²) in [6.07, 6.45) is 0.0450. The molecule has 22 heavy (non-hydrogen) atoms. The minimum Gasteiger partial charge on any atom is -0.354 e. The summed E-state index contributed by atoms with van der Waals surface area (Å²) in [6, 6.07) is 7.97. The van der Waals surface area contributed by atoms with Gasteiger partial charge in [-0.2, -0.15) is 0 Å². The molecule has 1 aromatic carbocycles. The third kappa shape index (κ3) is 3.11. The first-order valence-corrected chi connectivity index (χ1v) is 6.69. The quantitative estimate of drug-likeness (QED) is 0.599. The fourth-order valence-corrected chi connectivity index (χ4v) is 2.39. The van der Waals surface area contributed by atoms with Crippen LogP contribution in [-0.2, 0) is 6.42 Å². The maximum absolute atomic E-state index is 11.2. The van der Waals surface area contributed by atoms with Gasteiger partial charge in [0.2, 0.25) is 11.8 Å². The van der Waals surface area contributed by atoms with Gasteiger partial charge >= 0.3 is 5.69 Å². The van der Waals surface area contributed by atoms with Gasteiger partial charge in [0.1, 0.15) is 0 Å². The van der Waals surface area contributed by atoms with Gasteiger partial charge in [0, 0.05) is 18.3 Å². The Bertz CT molecular complexity index is 683. The van der Waals surface area contributed by atoms with Crippen LogP contribution in [0, 0.1) is 27.2 Å². The Morgan fingerprint density at radius 2 is 1.86 bits per heavy atom. The lowest BCUT2D eigenvalue weighted by molar-refractivity contribution is -0.522. The summed E-state index contributed by atoms with van der Waals surface area (Å²) < 4.78 is 5.02. The molecule has 0 fully saturated rings. The lowest BCUT2D eigenvalue weighted by Gasteiger charge is -2.17. The van der Waals surface area contributed by atoms with Gasteiger partial charge in [0.15, 0.2) is 5.69 Å². The van der Waals surface area contributed by atoms with Crippen molar-refractivity contribution in [1.29, 1.82) is 0 Å². The number of rotatable bonds is 6. The Kier molecular flexibility index (Phi) is 4.50. The topological polar surface area (TPSA) is 112 Å². The molecule has 0 saturated carbocycles. The molecule has 8 heteroatoms. The van der Waals surface area contributed by atoms with Crippen LogP contribution in [0.1, 0.15) is 29.9 Å². The fraction of sp³-hybridized carbons (Fsp3) is 0.357. The third-order valence-electron chi connectivity index (χ3n) is 3.63. The van der Waals surface area contributed by atoms with Crippen molar-refractivity contribution in [2.45, 2.75) is 32.2 Å². The van der Waals surface area contributed by atoms with E-state index in [9.17, 15) is 20.2 Å². The van der Waals surface area contributed by atoms with Crippen LogP contribution in [-0.4, -0.2) is 21.0 Å². The van der Waals surface area contributed by atoms with Crippen LogP contribution in [0.3, 0.4) is 0 Å². The summed E-state index contributed by atoms with van der Waals surface area (Å²) in [5.41, 5.74) is 0.687. The zero-order valence-corrected chi connectivity index (χ0v) is 12.1. The standard InChI is InChI=1S/C14H15N3O5/c1-9-14(17(20)21)13(22-15-9)8-12(10(2)16(18)19)11-6-4-3-5-7-11/h3-7,10,12H,8H2,1-2H3/t10-,12+/m0/s1. The first-order valence-electron chi connectivity index (χ1n) is 6.69. The summed E-state index contributed by atoms with van der Waals surface area (Å²) >= 11 is 0. The number of nitrogens with zero attached hydrogens (tertiary/aromatic N) is 3. The van der Waals surface area contributed by atoms with Gasteiger partial charge < -0.3 is 4.52 Å². The van der Waals surface area contributed by atoms with Crippen LogP contribution in [0.2, 0.25) is 0 Å². The highest BCUT2D eigenvalue weighted by Crippen LogP contribution is 2.31. The van der Waals surface area contributed by atoms with Gasteiger partial charge in [-0.05, 0) is 12.5 Å². The van der Waals surface area contributed by atoms with E-state index < -0.39 is 21.8 Å². The van der Waals surface area contributed by atoms with Crippen molar-refractivity contribution in [2.24, 2.45) is 0 Å². The van der Waals surface area contributed by atoms with Crippen LogP contribution in [0.4, 0.5) is 5.69 Å². The van der Waals surface area contributed by atoms with E-state index in [1.165, 1.54) is 13.8 Å². The average molecular weight is 305 g/mol. The van der Waals surface area contributed by atoms with Gasteiger partial charge in [-0.25, -0.2) is 0 Å². The fourth-order valence-electron chi connectivity index (χ4n) is 2.39. The van der Waals surface area contributed by atoms with E-state index in [0.717, 1.165) is 5.56 Å². The van der Waals surface area contributed by atoms with E-state index in [2.05, 4.69) is 5.16 Å². The molecular weight excluding hydrogens is 290 g/mol. The van der Waals surface area contributed by atoms with Gasteiger partial charge in [0.05, 0.1) is 10.8 Å². The van der Waals surface area contributed by atoms with Crippen molar-refractivity contribution in [3.05, 3.63) is 67.6 Å². The van der Waals surface area contributed by atoms with E-state index in [1.54, 1.807) is 30.3 Å². The SMILES string of the molecule is Cc1noc(C[C@@H](c2ccccc2)[C@H](C)[N+](=O)[O-])c1[N+](=O)[O-]. The summed E-state index contributed by atoms with van der Waals surface area (Å²) in [5.74, 6) is -0.479. The smallest absolute Gasteiger partial charge is 0.334 e. The molecule has 0 unspecified atom stereocenters. The lowest BCUT2D eigenvalue weighted by Crippen LogP contribution is -2.26. The number of hydrogen-bond acceptors (Lipinski definition) is 6. The van der Waals surface area contributed by atoms with Crippen molar-refractivity contribution in [3.63, 3.8) is 0 Å². The summed E-state index contributed by atoms with van der Waals surface area (Å²) in [4.78, 5) is 21.3. The molecule has 2 aromatic rings. The maximum atomic E-state index is 11.2. The molecule has 0 spiro atoms. The minimum absolute atomic E-state index is 0.0450. The van der Waals surface area contributed by atoms with Crippen molar-refractivity contribution < 1.29 is 14.4 Å². The molecular formula is C14H15N3O5. The first-order chi connectivity index (χ1) is 10.4. The van der Waals surface area contributed by atoms with Gasteiger partial charge in [-0.1, -0.05) is 35.5 Å². The highest BCUT2D eigenvalue weighted by atomic mass is 16.6. The first kappa shape index (κ1) is 15.6. The second-order valence-electron chi connectivity index (χ2n) is 5.04. The molecule has 0 N–H and O–H groups in total. The van der Waals surface area contributed by atoms with Crippen molar-refractivity contribution in [3.8, 4) is 0 Å². The summed E-state index contributed by atoms with van der Waals surface area (Å²) in [6.45, 7) is 2.95. The molecule has 1 aromatic heterocycles. The minimum atomic E-state index is -0.910. The number of hydrogen-bond donors (Lipinski definition) is 0. The number of aryl methyl sites for hydroxylation is 1. The Morgan fingerprint density at radius 1 is 1.23 bits per heavy atom. The van der Waals surface area contributed by atoms with Crippen LogP contribution in [0.15, 0.2) is 34.9 Å². The predicted molar refractivity (Wildman–Crippen MR) is 77.2 cm³/mol. The summed E-state index contributed by atoms with van der Waals surface area (Å²) in [7, 11) is 0. The Labute approximate surface area is 126 Å². The van der Waals surface area contributed by atoms with Crippen LogP contribution < -0.4 is 0 Å². The van der Waals surface area contributed by atoms with Gasteiger partial charge in [-0.3, -0.25) is 20.2 Å². The number of benzene rings is 1. The normalized spacial score (nSPS) is 13.5. The molecule has 2 atom stereocenters. The van der Waals surface area contributed by atoms with Crippen LogP contribution >= 0.6 is 0 Å².